The highest BCUT2D eigenvalue weighted by molar-refractivity contribution is 5.95. The minimum absolute atomic E-state index is 0.191. The SMILES string of the molecule is COc1cc(C(=O)N2CCc3nc(N4CCOCC4)[nH]c(=O)c3C2)cc(OC)c1OC. The molecule has 4 rings (SSSR count). The van der Waals surface area contributed by atoms with Crippen LogP contribution in [0.2, 0.25) is 0 Å². The summed E-state index contributed by atoms with van der Waals surface area (Å²) in [7, 11) is 4.51. The molecule has 0 bridgehead atoms. The molecule has 0 saturated carbocycles. The van der Waals surface area contributed by atoms with Gasteiger partial charge in [0.15, 0.2) is 11.5 Å². The molecule has 1 saturated heterocycles. The molecule has 2 aliphatic heterocycles. The quantitative estimate of drug-likeness (QED) is 0.744. The molecule has 10 nitrogen and oxygen atoms in total. The van der Waals surface area contributed by atoms with Gasteiger partial charge in [-0.2, -0.15) is 0 Å². The van der Waals surface area contributed by atoms with Crippen molar-refractivity contribution in [2.75, 3.05) is 59.1 Å². The van der Waals surface area contributed by atoms with Crippen molar-refractivity contribution in [1.29, 1.82) is 0 Å². The number of hydrogen-bond acceptors (Lipinski definition) is 8. The molecule has 166 valence electrons. The van der Waals surface area contributed by atoms with Crippen LogP contribution in [-0.4, -0.2) is 75.0 Å². The molecule has 0 spiro atoms. The van der Waals surface area contributed by atoms with Crippen molar-refractivity contribution in [2.24, 2.45) is 0 Å². The maximum absolute atomic E-state index is 13.2. The van der Waals surface area contributed by atoms with Crippen LogP contribution in [0.15, 0.2) is 16.9 Å². The molecule has 2 aromatic rings. The molecular formula is C21H26N4O6. The predicted molar refractivity (Wildman–Crippen MR) is 112 cm³/mol. The van der Waals surface area contributed by atoms with E-state index in [0.717, 1.165) is 5.69 Å². The van der Waals surface area contributed by atoms with Gasteiger partial charge in [0.25, 0.3) is 11.5 Å². The summed E-state index contributed by atoms with van der Waals surface area (Å²) in [6, 6.07) is 3.23. The van der Waals surface area contributed by atoms with Crippen LogP contribution in [0.1, 0.15) is 21.6 Å². The third-order valence-corrected chi connectivity index (χ3v) is 5.57. The molecule has 2 aliphatic rings. The molecule has 0 atom stereocenters. The summed E-state index contributed by atoms with van der Waals surface area (Å²) >= 11 is 0. The number of aromatic amines is 1. The number of benzene rings is 1. The Morgan fingerprint density at radius 1 is 1.06 bits per heavy atom. The van der Waals surface area contributed by atoms with E-state index in [0.29, 0.717) is 73.6 Å². The predicted octanol–water partition coefficient (Wildman–Crippen LogP) is 0.831. The first kappa shape index (κ1) is 21.0. The zero-order valence-electron chi connectivity index (χ0n) is 17.9. The maximum Gasteiger partial charge on any atom is 0.257 e. The average Bonchev–Trinajstić information content (AvgIpc) is 2.82. The number of anilines is 1. The Kier molecular flexibility index (Phi) is 5.99. The molecule has 10 heteroatoms. The molecule has 1 N–H and O–H groups in total. The Morgan fingerprint density at radius 2 is 1.74 bits per heavy atom. The molecule has 1 amide bonds. The van der Waals surface area contributed by atoms with Gasteiger partial charge >= 0.3 is 0 Å². The van der Waals surface area contributed by atoms with Crippen LogP contribution >= 0.6 is 0 Å². The molecule has 1 aromatic heterocycles. The summed E-state index contributed by atoms with van der Waals surface area (Å²) in [5.74, 6) is 1.56. The van der Waals surface area contributed by atoms with E-state index in [1.54, 1.807) is 17.0 Å². The van der Waals surface area contributed by atoms with Gasteiger partial charge in [0.1, 0.15) is 0 Å². The van der Waals surface area contributed by atoms with E-state index in [1.807, 2.05) is 4.90 Å². The molecular weight excluding hydrogens is 404 g/mol. The third kappa shape index (κ3) is 4.02. The fourth-order valence-corrected chi connectivity index (χ4v) is 3.90. The number of amides is 1. The normalized spacial score (nSPS) is 16.0. The minimum atomic E-state index is -0.221. The van der Waals surface area contributed by atoms with Crippen molar-refractivity contribution in [1.82, 2.24) is 14.9 Å². The summed E-state index contributed by atoms with van der Waals surface area (Å²) < 4.78 is 21.4. The lowest BCUT2D eigenvalue weighted by Gasteiger charge is -2.31. The smallest absolute Gasteiger partial charge is 0.257 e. The highest BCUT2D eigenvalue weighted by Crippen LogP contribution is 2.38. The molecule has 0 unspecified atom stereocenters. The first-order chi connectivity index (χ1) is 15.0. The van der Waals surface area contributed by atoms with E-state index in [4.69, 9.17) is 18.9 Å². The lowest BCUT2D eigenvalue weighted by atomic mass is 10.1. The van der Waals surface area contributed by atoms with Crippen LogP contribution in [-0.2, 0) is 17.7 Å². The maximum atomic E-state index is 13.2. The van der Waals surface area contributed by atoms with E-state index in [2.05, 4.69) is 9.97 Å². The van der Waals surface area contributed by atoms with Crippen molar-refractivity contribution < 1.29 is 23.7 Å². The number of nitrogens with one attached hydrogen (secondary N) is 1. The standard InChI is InChI=1S/C21H26N4O6/c1-28-16-10-13(11-17(29-2)18(16)30-3)20(27)25-5-4-15-14(12-25)19(26)23-21(22-15)24-6-8-31-9-7-24/h10-11H,4-9,12H2,1-3H3,(H,22,23,26). The van der Waals surface area contributed by atoms with E-state index in [-0.39, 0.29) is 18.0 Å². The number of hydrogen-bond donors (Lipinski definition) is 1. The van der Waals surface area contributed by atoms with Crippen LogP contribution in [0.25, 0.3) is 0 Å². The molecule has 3 heterocycles. The average molecular weight is 430 g/mol. The molecule has 0 radical (unpaired) electrons. The summed E-state index contributed by atoms with van der Waals surface area (Å²) in [6.07, 6.45) is 0.507. The van der Waals surface area contributed by atoms with Gasteiger partial charge in [0, 0.05) is 31.6 Å². The largest absolute Gasteiger partial charge is 0.493 e. The van der Waals surface area contributed by atoms with E-state index in [1.165, 1.54) is 21.3 Å². The van der Waals surface area contributed by atoms with Crippen molar-refractivity contribution in [2.45, 2.75) is 13.0 Å². The summed E-state index contributed by atoms with van der Waals surface area (Å²) in [6.45, 7) is 3.24. The highest BCUT2D eigenvalue weighted by atomic mass is 16.5. The number of nitrogens with zero attached hydrogens (tertiary/aromatic N) is 3. The monoisotopic (exact) mass is 430 g/mol. The Labute approximate surface area is 179 Å². The lowest BCUT2D eigenvalue weighted by molar-refractivity contribution is 0.0731. The Bertz CT molecular complexity index is 1010. The fraction of sp³-hybridized carbons (Fsp3) is 0.476. The van der Waals surface area contributed by atoms with E-state index >= 15 is 0 Å². The van der Waals surface area contributed by atoms with Crippen molar-refractivity contribution in [3.63, 3.8) is 0 Å². The summed E-state index contributed by atoms with van der Waals surface area (Å²) in [5, 5.41) is 0. The summed E-state index contributed by atoms with van der Waals surface area (Å²) in [5.41, 5.74) is 1.43. The van der Waals surface area contributed by atoms with Gasteiger partial charge in [-0.1, -0.05) is 0 Å². The molecule has 1 fully saturated rings. The van der Waals surface area contributed by atoms with Gasteiger partial charge in [-0.05, 0) is 12.1 Å². The number of carbonyl (C=O) groups excluding carboxylic acids is 1. The molecule has 31 heavy (non-hydrogen) atoms. The molecule has 1 aromatic carbocycles. The van der Waals surface area contributed by atoms with Crippen molar-refractivity contribution >= 4 is 11.9 Å². The van der Waals surface area contributed by atoms with Gasteiger partial charge in [-0.15, -0.1) is 0 Å². The summed E-state index contributed by atoms with van der Waals surface area (Å²) in [4.78, 5) is 37.1. The van der Waals surface area contributed by atoms with E-state index < -0.39 is 0 Å². The zero-order chi connectivity index (χ0) is 22.0. The first-order valence-corrected chi connectivity index (χ1v) is 10.1. The Hall–Kier alpha value is -3.27. The highest BCUT2D eigenvalue weighted by Gasteiger charge is 2.28. The third-order valence-electron chi connectivity index (χ3n) is 5.57. The van der Waals surface area contributed by atoms with Gasteiger partial charge in [0.05, 0.1) is 52.3 Å². The van der Waals surface area contributed by atoms with Gasteiger partial charge < -0.3 is 28.7 Å². The number of H-pyrrole nitrogens is 1. The zero-order valence-corrected chi connectivity index (χ0v) is 17.9. The fourth-order valence-electron chi connectivity index (χ4n) is 3.90. The minimum Gasteiger partial charge on any atom is -0.493 e. The number of aromatic nitrogens is 2. The van der Waals surface area contributed by atoms with E-state index in [9.17, 15) is 9.59 Å². The number of rotatable bonds is 5. The van der Waals surface area contributed by atoms with Gasteiger partial charge in [0.2, 0.25) is 11.7 Å². The topological polar surface area (TPSA) is 106 Å². The number of carbonyl (C=O) groups is 1. The van der Waals surface area contributed by atoms with Crippen LogP contribution in [0.5, 0.6) is 17.2 Å². The van der Waals surface area contributed by atoms with Crippen LogP contribution in [0.3, 0.4) is 0 Å². The molecule has 0 aliphatic carbocycles. The van der Waals surface area contributed by atoms with Crippen molar-refractivity contribution in [3.8, 4) is 17.2 Å². The lowest BCUT2D eigenvalue weighted by Crippen LogP contribution is -2.42. The van der Waals surface area contributed by atoms with Crippen LogP contribution < -0.4 is 24.7 Å². The van der Waals surface area contributed by atoms with Gasteiger partial charge in [-0.3, -0.25) is 14.6 Å². The first-order valence-electron chi connectivity index (χ1n) is 10.1. The number of ether oxygens (including phenoxy) is 4. The number of fused-ring (bicyclic) bond motifs is 1. The van der Waals surface area contributed by atoms with Crippen molar-refractivity contribution in [3.05, 3.63) is 39.3 Å². The second-order valence-electron chi connectivity index (χ2n) is 7.30. The second kappa shape index (κ2) is 8.84. The Balaban J connectivity index is 1.59. The Morgan fingerprint density at radius 3 is 2.35 bits per heavy atom. The second-order valence-corrected chi connectivity index (χ2v) is 7.30. The van der Waals surface area contributed by atoms with Crippen LogP contribution in [0, 0.1) is 0 Å². The van der Waals surface area contributed by atoms with Gasteiger partial charge in [-0.25, -0.2) is 4.98 Å². The van der Waals surface area contributed by atoms with Crippen LogP contribution in [0.4, 0.5) is 5.95 Å². The number of morpholine rings is 1. The number of methoxy groups -OCH3 is 3.